The zero-order chi connectivity index (χ0) is 29.3. The van der Waals surface area contributed by atoms with Gasteiger partial charge in [0.1, 0.15) is 40.1 Å². The van der Waals surface area contributed by atoms with Gasteiger partial charge in [-0.15, -0.1) is 0 Å². The van der Waals surface area contributed by atoms with Crippen molar-refractivity contribution in [1.29, 1.82) is 5.26 Å². The molecule has 11 heteroatoms. The van der Waals surface area contributed by atoms with Gasteiger partial charge in [0.2, 0.25) is 5.88 Å². The first-order valence-electron chi connectivity index (χ1n) is 12.4. The molecule has 5 rings (SSSR count). The normalized spacial score (nSPS) is 11.3. The Morgan fingerprint density at radius 1 is 1.02 bits per heavy atom. The number of ether oxygens (including phenoxy) is 1. The highest BCUT2D eigenvalue weighted by Gasteiger charge is 2.22. The lowest BCUT2D eigenvalue weighted by molar-refractivity contribution is -0.112. The number of aryl methyl sites for hydroxylation is 1. The van der Waals surface area contributed by atoms with Gasteiger partial charge in [0.25, 0.3) is 17.0 Å². The highest BCUT2D eigenvalue weighted by Crippen LogP contribution is 2.25. The van der Waals surface area contributed by atoms with Crippen LogP contribution in [0.15, 0.2) is 88.1 Å². The average molecular weight is 551 g/mol. The van der Waals surface area contributed by atoms with E-state index in [-0.39, 0.29) is 22.9 Å². The number of aromatic nitrogens is 4. The van der Waals surface area contributed by atoms with Gasteiger partial charge in [0.15, 0.2) is 0 Å². The van der Waals surface area contributed by atoms with Crippen LogP contribution >= 0.6 is 0 Å². The standard InChI is InChI=1S/C30H23FN6O4/c1-18-8-7-15-36-26(18)34-28(41-23-13-11-21(31)12-14-23)24(29(36)39)16-20(17-32)27(38)33-25-19(2)35(3)37(30(25)40)22-9-5-4-6-10-22/h4-16H,1-3H3,(H,33,38). The first-order chi connectivity index (χ1) is 19.7. The van der Waals surface area contributed by atoms with Crippen LogP contribution in [-0.2, 0) is 11.8 Å². The van der Waals surface area contributed by atoms with Crippen LogP contribution in [0.4, 0.5) is 10.1 Å². The Hall–Kier alpha value is -5.76. The van der Waals surface area contributed by atoms with Gasteiger partial charge >= 0.3 is 0 Å². The number of carbonyl (C=O) groups excluding carboxylic acids is 1. The molecule has 0 spiro atoms. The van der Waals surface area contributed by atoms with Crippen molar-refractivity contribution in [2.75, 3.05) is 5.32 Å². The lowest BCUT2D eigenvalue weighted by Crippen LogP contribution is -2.24. The number of nitrogens with zero attached hydrogens (tertiary/aromatic N) is 5. The minimum Gasteiger partial charge on any atom is -0.438 e. The maximum absolute atomic E-state index is 13.5. The van der Waals surface area contributed by atoms with E-state index >= 15 is 0 Å². The number of anilines is 1. The summed E-state index contributed by atoms with van der Waals surface area (Å²) < 4.78 is 23.5. The maximum atomic E-state index is 13.5. The number of fused-ring (bicyclic) bond motifs is 1. The van der Waals surface area contributed by atoms with Crippen molar-refractivity contribution < 1.29 is 13.9 Å². The van der Waals surface area contributed by atoms with Crippen molar-refractivity contribution >= 4 is 23.3 Å². The van der Waals surface area contributed by atoms with E-state index < -0.39 is 28.4 Å². The summed E-state index contributed by atoms with van der Waals surface area (Å²) in [6, 6.07) is 19.2. The Labute approximate surface area is 232 Å². The number of nitrogens with one attached hydrogen (secondary N) is 1. The van der Waals surface area contributed by atoms with Gasteiger partial charge in [0.05, 0.1) is 11.4 Å². The van der Waals surface area contributed by atoms with Gasteiger partial charge in [-0.25, -0.2) is 9.07 Å². The molecule has 0 saturated carbocycles. The number of hydrogen-bond acceptors (Lipinski definition) is 6. The molecule has 0 unspecified atom stereocenters. The molecule has 3 aromatic heterocycles. The maximum Gasteiger partial charge on any atom is 0.295 e. The summed E-state index contributed by atoms with van der Waals surface area (Å²) in [5.74, 6) is -1.38. The molecule has 41 heavy (non-hydrogen) atoms. The number of rotatable bonds is 6. The molecule has 1 amide bonds. The van der Waals surface area contributed by atoms with Gasteiger partial charge in [-0.05, 0) is 68.0 Å². The highest BCUT2D eigenvalue weighted by atomic mass is 19.1. The molecule has 0 atom stereocenters. The number of para-hydroxylation sites is 1. The molecule has 0 bridgehead atoms. The number of nitriles is 1. The second-order valence-electron chi connectivity index (χ2n) is 9.14. The molecule has 10 nitrogen and oxygen atoms in total. The van der Waals surface area contributed by atoms with E-state index in [4.69, 9.17) is 4.74 Å². The van der Waals surface area contributed by atoms with Gasteiger partial charge in [-0.1, -0.05) is 24.3 Å². The van der Waals surface area contributed by atoms with Gasteiger partial charge < -0.3 is 10.1 Å². The third-order valence-corrected chi connectivity index (χ3v) is 6.52. The van der Waals surface area contributed by atoms with Crippen LogP contribution in [0.1, 0.15) is 16.8 Å². The van der Waals surface area contributed by atoms with E-state index in [1.807, 2.05) is 6.07 Å². The van der Waals surface area contributed by atoms with Crippen LogP contribution in [0.25, 0.3) is 17.4 Å². The summed E-state index contributed by atoms with van der Waals surface area (Å²) in [6.07, 6.45) is 2.56. The Morgan fingerprint density at radius 3 is 2.41 bits per heavy atom. The van der Waals surface area contributed by atoms with Crippen LogP contribution < -0.4 is 21.2 Å². The molecule has 0 radical (unpaired) electrons. The fraction of sp³-hybridized carbons (Fsp3) is 0.100. The SMILES string of the molecule is Cc1cccn2c(=O)c(C=C(C#N)C(=O)Nc3c(C)n(C)n(-c4ccccc4)c3=O)c(Oc3ccc(F)cc3)nc12. The largest absolute Gasteiger partial charge is 0.438 e. The number of pyridine rings is 1. The molecule has 0 aliphatic carbocycles. The lowest BCUT2D eigenvalue weighted by atomic mass is 10.1. The van der Waals surface area contributed by atoms with E-state index in [9.17, 15) is 24.0 Å². The highest BCUT2D eigenvalue weighted by molar-refractivity contribution is 6.10. The number of benzene rings is 2. The van der Waals surface area contributed by atoms with Crippen molar-refractivity contribution in [2.24, 2.45) is 7.05 Å². The number of hydrogen-bond donors (Lipinski definition) is 1. The Morgan fingerprint density at radius 2 is 1.73 bits per heavy atom. The second kappa shape index (κ2) is 10.8. The Kier molecular flexibility index (Phi) is 7.05. The van der Waals surface area contributed by atoms with Crippen molar-refractivity contribution in [2.45, 2.75) is 13.8 Å². The van der Waals surface area contributed by atoms with Crippen LogP contribution in [0.5, 0.6) is 11.6 Å². The van der Waals surface area contributed by atoms with Crippen LogP contribution in [-0.4, -0.2) is 24.7 Å². The predicted octanol–water partition coefficient (Wildman–Crippen LogP) is 4.28. The molecular formula is C30H23FN6O4. The number of carbonyl (C=O) groups is 1. The zero-order valence-corrected chi connectivity index (χ0v) is 22.3. The third-order valence-electron chi connectivity index (χ3n) is 6.52. The quantitative estimate of drug-likeness (QED) is 0.249. The molecule has 0 fully saturated rings. The van der Waals surface area contributed by atoms with E-state index in [0.717, 1.165) is 6.08 Å². The molecule has 0 aliphatic rings. The smallest absolute Gasteiger partial charge is 0.295 e. The van der Waals surface area contributed by atoms with Crippen molar-refractivity contribution in [3.63, 3.8) is 0 Å². The molecular weight excluding hydrogens is 527 g/mol. The monoisotopic (exact) mass is 550 g/mol. The first-order valence-corrected chi connectivity index (χ1v) is 12.4. The number of amides is 1. The minimum absolute atomic E-state index is 0.0192. The summed E-state index contributed by atoms with van der Waals surface area (Å²) in [5, 5.41) is 12.4. The zero-order valence-electron chi connectivity index (χ0n) is 22.3. The van der Waals surface area contributed by atoms with Gasteiger partial charge in [0, 0.05) is 13.2 Å². The Balaban J connectivity index is 1.59. The molecule has 0 aliphatic heterocycles. The minimum atomic E-state index is -0.903. The predicted molar refractivity (Wildman–Crippen MR) is 151 cm³/mol. The molecule has 3 heterocycles. The number of halogens is 1. The van der Waals surface area contributed by atoms with E-state index in [0.29, 0.717) is 22.6 Å². The molecule has 1 N–H and O–H groups in total. The van der Waals surface area contributed by atoms with Gasteiger partial charge in [-0.3, -0.25) is 23.5 Å². The first kappa shape index (κ1) is 26.8. The molecule has 2 aromatic carbocycles. The summed E-state index contributed by atoms with van der Waals surface area (Å²) in [6.45, 7) is 3.42. The van der Waals surface area contributed by atoms with Crippen LogP contribution in [0.2, 0.25) is 0 Å². The molecule has 0 saturated heterocycles. The van der Waals surface area contributed by atoms with Crippen LogP contribution in [0.3, 0.4) is 0 Å². The van der Waals surface area contributed by atoms with Gasteiger partial charge in [-0.2, -0.15) is 10.2 Å². The summed E-state index contributed by atoms with van der Waals surface area (Å²) in [5.41, 5.74) is 0.260. The van der Waals surface area contributed by atoms with Crippen LogP contribution in [0, 0.1) is 31.0 Å². The topological polar surface area (TPSA) is 123 Å². The average Bonchev–Trinajstić information content (AvgIpc) is 3.18. The van der Waals surface area contributed by atoms with Crippen molar-refractivity contribution in [1.82, 2.24) is 18.7 Å². The van der Waals surface area contributed by atoms with Crippen molar-refractivity contribution in [3.8, 4) is 23.4 Å². The van der Waals surface area contributed by atoms with E-state index in [2.05, 4.69) is 10.3 Å². The molecule has 204 valence electrons. The second-order valence-corrected chi connectivity index (χ2v) is 9.14. The summed E-state index contributed by atoms with van der Waals surface area (Å²) >= 11 is 0. The molecule has 5 aromatic rings. The van der Waals surface area contributed by atoms with E-state index in [1.54, 1.807) is 68.0 Å². The summed E-state index contributed by atoms with van der Waals surface area (Å²) in [7, 11) is 1.67. The lowest BCUT2D eigenvalue weighted by Gasteiger charge is -2.11. The van der Waals surface area contributed by atoms with E-state index in [1.165, 1.54) is 39.5 Å². The fourth-order valence-corrected chi connectivity index (χ4v) is 4.29. The van der Waals surface area contributed by atoms with Crippen molar-refractivity contribution in [3.05, 3.63) is 122 Å². The summed E-state index contributed by atoms with van der Waals surface area (Å²) in [4.78, 5) is 44.5. The fourth-order valence-electron chi connectivity index (χ4n) is 4.29. The Bertz CT molecular complexity index is 2000. The third kappa shape index (κ3) is 5.02.